The monoisotopic (exact) mass is 333 g/mol. The van der Waals surface area contributed by atoms with Crippen molar-refractivity contribution < 1.29 is 9.83 Å². The molecule has 1 aliphatic heterocycles. The minimum absolute atomic E-state index is 0. The molecule has 0 aliphatic carbocycles. The van der Waals surface area contributed by atoms with Crippen LogP contribution in [0.5, 0.6) is 0 Å². The summed E-state index contributed by atoms with van der Waals surface area (Å²) in [6.07, 6.45) is 2.36. The largest absolute Gasteiger partial charge is 0.352 e. The molecule has 1 fully saturated rings. The van der Waals surface area contributed by atoms with Crippen LogP contribution < -0.4 is 16.5 Å². The molecule has 1 aliphatic rings. The van der Waals surface area contributed by atoms with Crippen LogP contribution in [0.3, 0.4) is 0 Å². The van der Waals surface area contributed by atoms with E-state index in [2.05, 4.69) is 11.4 Å². The SMILES string of the molecule is Cl.N#C[C@@H]1CCCN1C(=O)[C@@H](N)CCCNC(=N)N[N+](=O)[O-]. The van der Waals surface area contributed by atoms with E-state index in [1.807, 2.05) is 0 Å². The number of rotatable bonds is 6. The summed E-state index contributed by atoms with van der Waals surface area (Å²) >= 11 is 0. The first-order valence-corrected chi connectivity index (χ1v) is 6.65. The molecule has 10 nitrogen and oxygen atoms in total. The highest BCUT2D eigenvalue weighted by atomic mass is 35.5. The predicted molar refractivity (Wildman–Crippen MR) is 80.7 cm³/mol. The van der Waals surface area contributed by atoms with E-state index in [0.717, 1.165) is 6.42 Å². The van der Waals surface area contributed by atoms with Crippen molar-refractivity contribution in [2.24, 2.45) is 5.73 Å². The Hall–Kier alpha value is -2.12. The standard InChI is InChI=1S/C11H19N7O3.ClH/c12-7-8-3-2-6-17(8)10(19)9(13)4-1-5-15-11(14)16-18(20)21;/h8-9H,1-6,13H2,(H3,14,15,16);1H/t8-,9-;/m0./s1. The molecule has 0 aromatic rings. The van der Waals surface area contributed by atoms with E-state index in [-0.39, 0.29) is 24.4 Å². The molecule has 2 atom stereocenters. The Morgan fingerprint density at radius 1 is 1.64 bits per heavy atom. The molecular weight excluding hydrogens is 314 g/mol. The molecule has 0 bridgehead atoms. The van der Waals surface area contributed by atoms with Gasteiger partial charge in [-0.15, -0.1) is 12.4 Å². The van der Waals surface area contributed by atoms with Gasteiger partial charge in [-0.1, -0.05) is 5.43 Å². The molecule has 1 rings (SSSR count). The van der Waals surface area contributed by atoms with Crippen LogP contribution in [0.25, 0.3) is 0 Å². The lowest BCUT2D eigenvalue weighted by Crippen LogP contribution is -2.46. The number of halogens is 1. The van der Waals surface area contributed by atoms with Gasteiger partial charge in [-0.2, -0.15) is 5.26 Å². The number of hydrazine groups is 1. The van der Waals surface area contributed by atoms with E-state index in [4.69, 9.17) is 16.4 Å². The quantitative estimate of drug-likeness (QED) is 0.165. The van der Waals surface area contributed by atoms with Crippen LogP contribution in [-0.4, -0.2) is 47.0 Å². The maximum absolute atomic E-state index is 12.1. The van der Waals surface area contributed by atoms with Crippen LogP contribution in [0.2, 0.25) is 0 Å². The second-order valence-corrected chi connectivity index (χ2v) is 4.74. The molecule has 0 saturated carbocycles. The average Bonchev–Trinajstić information content (AvgIpc) is 2.90. The molecule has 0 radical (unpaired) electrons. The summed E-state index contributed by atoms with van der Waals surface area (Å²) in [7, 11) is 0. The van der Waals surface area contributed by atoms with E-state index < -0.39 is 17.0 Å². The molecule has 0 unspecified atom stereocenters. The van der Waals surface area contributed by atoms with E-state index in [1.54, 1.807) is 5.43 Å². The molecule has 124 valence electrons. The summed E-state index contributed by atoms with van der Waals surface area (Å²) in [5, 5.41) is 27.8. The van der Waals surface area contributed by atoms with Gasteiger partial charge in [0.05, 0.1) is 12.1 Å². The summed E-state index contributed by atoms with van der Waals surface area (Å²) in [5.74, 6) is -0.651. The van der Waals surface area contributed by atoms with Gasteiger partial charge in [0.2, 0.25) is 5.91 Å². The number of amides is 1. The highest BCUT2D eigenvalue weighted by Gasteiger charge is 2.31. The maximum atomic E-state index is 12.1. The van der Waals surface area contributed by atoms with Crippen molar-refractivity contribution >= 4 is 24.3 Å². The number of nitrogens with two attached hydrogens (primary N) is 1. The van der Waals surface area contributed by atoms with Gasteiger partial charge in [-0.05, 0) is 25.7 Å². The summed E-state index contributed by atoms with van der Waals surface area (Å²) in [4.78, 5) is 23.6. The van der Waals surface area contributed by atoms with E-state index in [9.17, 15) is 14.9 Å². The Labute approximate surface area is 134 Å². The first-order valence-electron chi connectivity index (χ1n) is 6.65. The predicted octanol–water partition coefficient (Wildman–Crippen LogP) is -0.664. The van der Waals surface area contributed by atoms with Gasteiger partial charge in [-0.3, -0.25) is 10.2 Å². The molecule has 0 spiro atoms. The number of carbonyl (C=O) groups excluding carboxylic acids is 1. The van der Waals surface area contributed by atoms with Gasteiger partial charge in [0.25, 0.3) is 5.96 Å². The molecule has 5 N–H and O–H groups in total. The minimum Gasteiger partial charge on any atom is -0.352 e. The zero-order chi connectivity index (χ0) is 15.8. The molecule has 1 saturated heterocycles. The normalized spacial score (nSPS) is 17.8. The summed E-state index contributed by atoms with van der Waals surface area (Å²) in [6, 6.07) is 1.00. The van der Waals surface area contributed by atoms with Crippen molar-refractivity contribution in [1.82, 2.24) is 15.6 Å². The zero-order valence-electron chi connectivity index (χ0n) is 11.9. The smallest absolute Gasteiger partial charge is 0.251 e. The average molecular weight is 334 g/mol. The molecule has 0 aromatic carbocycles. The topological polar surface area (TPSA) is 161 Å². The number of guanidine groups is 1. The Kier molecular flexibility index (Phi) is 8.81. The van der Waals surface area contributed by atoms with E-state index in [0.29, 0.717) is 32.4 Å². The Morgan fingerprint density at radius 2 is 2.32 bits per heavy atom. The van der Waals surface area contributed by atoms with Crippen LogP contribution in [0.1, 0.15) is 25.7 Å². The van der Waals surface area contributed by atoms with Crippen molar-refractivity contribution in [1.29, 1.82) is 10.7 Å². The van der Waals surface area contributed by atoms with Gasteiger partial charge in [0.1, 0.15) is 6.04 Å². The fourth-order valence-corrected chi connectivity index (χ4v) is 2.17. The number of likely N-dealkylation sites (tertiary alicyclic amines) is 1. The van der Waals surface area contributed by atoms with Gasteiger partial charge < -0.3 is 16.0 Å². The van der Waals surface area contributed by atoms with E-state index in [1.165, 1.54) is 4.90 Å². The molecule has 0 aromatic heterocycles. The second kappa shape index (κ2) is 9.75. The number of carbonyl (C=O) groups is 1. The van der Waals surface area contributed by atoms with Crippen molar-refractivity contribution in [3.8, 4) is 6.07 Å². The molecule has 22 heavy (non-hydrogen) atoms. The third-order valence-corrected chi connectivity index (χ3v) is 3.20. The number of nitro groups is 1. The van der Waals surface area contributed by atoms with Crippen LogP contribution >= 0.6 is 12.4 Å². The van der Waals surface area contributed by atoms with Gasteiger partial charge in [0, 0.05) is 13.1 Å². The van der Waals surface area contributed by atoms with Crippen molar-refractivity contribution in [2.75, 3.05) is 13.1 Å². The fourth-order valence-electron chi connectivity index (χ4n) is 2.17. The lowest BCUT2D eigenvalue weighted by molar-refractivity contribution is -0.525. The first kappa shape index (κ1) is 19.9. The lowest BCUT2D eigenvalue weighted by Gasteiger charge is -2.23. The highest BCUT2D eigenvalue weighted by Crippen LogP contribution is 2.17. The number of nitriles is 1. The summed E-state index contributed by atoms with van der Waals surface area (Å²) < 4.78 is 0. The van der Waals surface area contributed by atoms with Gasteiger partial charge in [-0.25, -0.2) is 10.1 Å². The third-order valence-electron chi connectivity index (χ3n) is 3.20. The van der Waals surface area contributed by atoms with Crippen molar-refractivity contribution in [2.45, 2.75) is 37.8 Å². The van der Waals surface area contributed by atoms with Crippen LogP contribution in [0.15, 0.2) is 0 Å². The van der Waals surface area contributed by atoms with E-state index >= 15 is 0 Å². The fraction of sp³-hybridized carbons (Fsp3) is 0.727. The van der Waals surface area contributed by atoms with Gasteiger partial charge in [0.15, 0.2) is 5.03 Å². The van der Waals surface area contributed by atoms with Crippen LogP contribution in [0, 0.1) is 26.9 Å². The summed E-state index contributed by atoms with van der Waals surface area (Å²) in [5.41, 5.74) is 7.47. The Morgan fingerprint density at radius 3 is 2.91 bits per heavy atom. The van der Waals surface area contributed by atoms with Crippen molar-refractivity contribution in [3.63, 3.8) is 0 Å². The Balaban J connectivity index is 0.00000441. The van der Waals surface area contributed by atoms with Gasteiger partial charge >= 0.3 is 0 Å². The number of nitrogens with one attached hydrogen (secondary N) is 3. The number of hydrogen-bond donors (Lipinski definition) is 4. The first-order chi connectivity index (χ1) is 9.95. The molecular formula is C11H20ClN7O3. The third kappa shape index (κ3) is 6.11. The maximum Gasteiger partial charge on any atom is 0.251 e. The lowest BCUT2D eigenvalue weighted by atomic mass is 10.1. The highest BCUT2D eigenvalue weighted by molar-refractivity contribution is 5.85. The summed E-state index contributed by atoms with van der Waals surface area (Å²) in [6.45, 7) is 0.850. The zero-order valence-corrected chi connectivity index (χ0v) is 12.8. The number of hydrogen-bond acceptors (Lipinski definition) is 6. The molecule has 1 heterocycles. The minimum atomic E-state index is -0.833. The second-order valence-electron chi connectivity index (χ2n) is 4.74. The molecule has 1 amide bonds. The van der Waals surface area contributed by atoms with Crippen LogP contribution in [-0.2, 0) is 4.79 Å². The van der Waals surface area contributed by atoms with Crippen LogP contribution in [0.4, 0.5) is 0 Å². The van der Waals surface area contributed by atoms with Crippen molar-refractivity contribution in [3.05, 3.63) is 10.1 Å². The Bertz CT molecular complexity index is 453. The molecule has 11 heteroatoms. The number of nitrogens with zero attached hydrogens (tertiary/aromatic N) is 3.